The Balaban J connectivity index is 1.55. The van der Waals surface area contributed by atoms with E-state index in [0.717, 1.165) is 29.1 Å². The van der Waals surface area contributed by atoms with Gasteiger partial charge in [-0.1, -0.05) is 24.3 Å². The van der Waals surface area contributed by atoms with E-state index >= 15 is 0 Å². The lowest BCUT2D eigenvalue weighted by atomic mass is 9.63. The van der Waals surface area contributed by atoms with E-state index in [-0.39, 0.29) is 35.5 Å². The lowest BCUT2D eigenvalue weighted by molar-refractivity contribution is -0.140. The summed E-state index contributed by atoms with van der Waals surface area (Å²) in [6.07, 6.45) is 7.85. The van der Waals surface area contributed by atoms with E-state index < -0.39 is 0 Å². The maximum Gasteiger partial charge on any atom is 0.254 e. The zero-order chi connectivity index (χ0) is 16.8. The minimum atomic E-state index is -0.200. The summed E-state index contributed by atoms with van der Waals surface area (Å²) in [6.45, 7) is 0. The Kier molecular flexibility index (Phi) is 3.52. The molecule has 5 heteroatoms. The fraction of sp³-hybridized carbons (Fsp3) is 0.421. The summed E-state index contributed by atoms with van der Waals surface area (Å²) in [4.78, 5) is 27.3. The first-order valence-corrected chi connectivity index (χ1v) is 8.44. The van der Waals surface area contributed by atoms with Crippen molar-refractivity contribution in [1.82, 2.24) is 5.01 Å². The van der Waals surface area contributed by atoms with Crippen molar-refractivity contribution in [3.8, 4) is 0 Å². The maximum absolute atomic E-state index is 12.7. The van der Waals surface area contributed by atoms with Gasteiger partial charge in [-0.15, -0.1) is 0 Å². The van der Waals surface area contributed by atoms with E-state index in [4.69, 9.17) is 0 Å². The van der Waals surface area contributed by atoms with Gasteiger partial charge in [-0.3, -0.25) is 9.59 Å². The Hall–Kier alpha value is -2.43. The Morgan fingerprint density at radius 3 is 2.00 bits per heavy atom. The number of imide groups is 1. The predicted octanol–water partition coefficient (Wildman–Crippen LogP) is 2.28. The van der Waals surface area contributed by atoms with Crippen molar-refractivity contribution < 1.29 is 9.59 Å². The quantitative estimate of drug-likeness (QED) is 0.487. The van der Waals surface area contributed by atoms with Crippen LogP contribution in [-0.4, -0.2) is 37.1 Å². The van der Waals surface area contributed by atoms with Gasteiger partial charge in [0.2, 0.25) is 0 Å². The number of hydrazone groups is 1. The van der Waals surface area contributed by atoms with Crippen LogP contribution in [0.25, 0.3) is 0 Å². The molecule has 24 heavy (non-hydrogen) atoms. The molecule has 2 bridgehead atoms. The van der Waals surface area contributed by atoms with Crippen LogP contribution in [0.3, 0.4) is 0 Å². The summed E-state index contributed by atoms with van der Waals surface area (Å²) >= 11 is 0. The number of nitrogens with zero attached hydrogens (tertiary/aromatic N) is 3. The highest BCUT2D eigenvalue weighted by Crippen LogP contribution is 2.49. The molecule has 1 aromatic rings. The summed E-state index contributed by atoms with van der Waals surface area (Å²) in [5.41, 5.74) is 1.96. The van der Waals surface area contributed by atoms with Gasteiger partial charge in [0, 0.05) is 19.8 Å². The number of allylic oxidation sites excluding steroid dienone is 2. The molecule has 1 heterocycles. The van der Waals surface area contributed by atoms with Crippen LogP contribution in [0.4, 0.5) is 5.69 Å². The monoisotopic (exact) mass is 323 g/mol. The molecule has 5 nitrogen and oxygen atoms in total. The predicted molar refractivity (Wildman–Crippen MR) is 92.6 cm³/mol. The van der Waals surface area contributed by atoms with Crippen molar-refractivity contribution in [3.05, 3.63) is 42.0 Å². The third-order valence-corrected chi connectivity index (χ3v) is 5.47. The lowest BCUT2D eigenvalue weighted by Crippen LogP contribution is -2.38. The number of carbonyl (C=O) groups excluding carboxylic acids is 2. The van der Waals surface area contributed by atoms with E-state index in [1.54, 1.807) is 6.21 Å². The zero-order valence-electron chi connectivity index (χ0n) is 13.9. The standard InChI is InChI=1S/C19H21N3O2/c1-21(2)15-9-3-12(4-10-15)11-20-22-18(23)16-13-5-6-14(8-7-13)17(16)19(22)24/h3-6,9-11,13-14,16-17H,7-8H2,1-2H3/t13-,14-,16-,17-/m0/s1. The van der Waals surface area contributed by atoms with Crippen molar-refractivity contribution in [3.63, 3.8) is 0 Å². The first-order valence-electron chi connectivity index (χ1n) is 8.44. The highest BCUT2D eigenvalue weighted by molar-refractivity contribution is 6.06. The van der Waals surface area contributed by atoms with Crippen LogP contribution in [0, 0.1) is 23.7 Å². The topological polar surface area (TPSA) is 53.0 Å². The molecule has 3 aliphatic carbocycles. The molecule has 1 aliphatic heterocycles. The average Bonchev–Trinajstić information content (AvgIpc) is 2.87. The molecule has 1 aromatic carbocycles. The summed E-state index contributed by atoms with van der Waals surface area (Å²) in [5.74, 6) is -0.258. The maximum atomic E-state index is 12.7. The molecular formula is C19H21N3O2. The van der Waals surface area contributed by atoms with Gasteiger partial charge in [0.05, 0.1) is 18.1 Å². The summed E-state index contributed by atoms with van der Waals surface area (Å²) < 4.78 is 0. The molecule has 1 saturated heterocycles. The minimum absolute atomic E-state index is 0.134. The van der Waals surface area contributed by atoms with Crippen LogP contribution in [0.5, 0.6) is 0 Å². The molecule has 0 unspecified atom stereocenters. The summed E-state index contributed by atoms with van der Waals surface area (Å²) in [7, 11) is 3.96. The minimum Gasteiger partial charge on any atom is -0.378 e. The van der Waals surface area contributed by atoms with E-state index in [1.807, 2.05) is 43.3 Å². The molecule has 0 N–H and O–H groups in total. The first kappa shape index (κ1) is 15.1. The molecule has 5 rings (SSSR count). The summed E-state index contributed by atoms with van der Waals surface area (Å²) in [5, 5.41) is 5.32. The van der Waals surface area contributed by atoms with E-state index in [2.05, 4.69) is 17.3 Å². The van der Waals surface area contributed by atoms with Crippen molar-refractivity contribution in [1.29, 1.82) is 0 Å². The molecule has 0 aromatic heterocycles. The first-order chi connectivity index (χ1) is 11.6. The fourth-order valence-electron chi connectivity index (χ4n) is 4.16. The number of carbonyl (C=O) groups is 2. The number of benzene rings is 1. The second kappa shape index (κ2) is 5.58. The highest BCUT2D eigenvalue weighted by atomic mass is 16.2. The van der Waals surface area contributed by atoms with Crippen LogP contribution >= 0.6 is 0 Å². The molecule has 4 atom stereocenters. The van der Waals surface area contributed by atoms with Crippen LogP contribution in [0.15, 0.2) is 41.5 Å². The molecule has 0 spiro atoms. The Labute approximate surface area is 141 Å². The molecular weight excluding hydrogens is 302 g/mol. The second-order valence-corrected chi connectivity index (χ2v) is 7.06. The van der Waals surface area contributed by atoms with Gasteiger partial charge < -0.3 is 4.90 Å². The number of anilines is 1. The molecule has 1 saturated carbocycles. The number of rotatable bonds is 3. The Bertz CT molecular complexity index is 703. The SMILES string of the molecule is CN(C)c1ccc(C=NN2C(=O)[C@@H]3[C@@H](C2=O)[C@H]2C=C[C@H]3CC2)cc1. The number of fused-ring (bicyclic) bond motifs is 1. The van der Waals surface area contributed by atoms with Crippen LogP contribution < -0.4 is 4.90 Å². The van der Waals surface area contributed by atoms with Crippen LogP contribution in [-0.2, 0) is 9.59 Å². The molecule has 2 fully saturated rings. The number of hydrogen-bond acceptors (Lipinski definition) is 4. The normalized spacial score (nSPS) is 31.2. The van der Waals surface area contributed by atoms with E-state index in [9.17, 15) is 9.59 Å². The molecule has 0 radical (unpaired) electrons. The van der Waals surface area contributed by atoms with Crippen LogP contribution in [0.2, 0.25) is 0 Å². The Morgan fingerprint density at radius 2 is 1.54 bits per heavy atom. The molecule has 124 valence electrons. The lowest BCUT2D eigenvalue weighted by Gasteiger charge is -2.37. The third kappa shape index (κ3) is 2.27. The van der Waals surface area contributed by atoms with Crippen molar-refractivity contribution in [2.75, 3.05) is 19.0 Å². The largest absolute Gasteiger partial charge is 0.378 e. The summed E-state index contributed by atoms with van der Waals surface area (Å²) in [6, 6.07) is 7.84. The van der Waals surface area contributed by atoms with Gasteiger partial charge in [-0.05, 0) is 42.4 Å². The van der Waals surface area contributed by atoms with Gasteiger partial charge >= 0.3 is 0 Å². The zero-order valence-corrected chi connectivity index (χ0v) is 13.9. The molecule has 2 amide bonds. The second-order valence-electron chi connectivity index (χ2n) is 7.06. The highest BCUT2D eigenvalue weighted by Gasteiger charge is 2.56. The van der Waals surface area contributed by atoms with E-state index in [0.29, 0.717) is 0 Å². The van der Waals surface area contributed by atoms with Gasteiger partial charge in [0.15, 0.2) is 0 Å². The van der Waals surface area contributed by atoms with Gasteiger partial charge in [0.25, 0.3) is 11.8 Å². The number of amides is 2. The average molecular weight is 323 g/mol. The fourth-order valence-corrected chi connectivity index (χ4v) is 4.16. The smallest absolute Gasteiger partial charge is 0.254 e. The third-order valence-electron chi connectivity index (χ3n) is 5.47. The Morgan fingerprint density at radius 1 is 1.00 bits per heavy atom. The van der Waals surface area contributed by atoms with Gasteiger partial charge in [-0.2, -0.15) is 10.1 Å². The molecule has 4 aliphatic rings. The van der Waals surface area contributed by atoms with Gasteiger partial charge in [-0.25, -0.2) is 0 Å². The van der Waals surface area contributed by atoms with Crippen molar-refractivity contribution in [2.24, 2.45) is 28.8 Å². The number of hydrogen-bond donors (Lipinski definition) is 0. The van der Waals surface area contributed by atoms with Gasteiger partial charge in [0.1, 0.15) is 0 Å². The van der Waals surface area contributed by atoms with Crippen molar-refractivity contribution in [2.45, 2.75) is 12.8 Å². The van der Waals surface area contributed by atoms with Crippen LogP contribution in [0.1, 0.15) is 18.4 Å². The van der Waals surface area contributed by atoms with E-state index in [1.165, 1.54) is 0 Å². The van der Waals surface area contributed by atoms with Crippen molar-refractivity contribution >= 4 is 23.7 Å².